The van der Waals surface area contributed by atoms with Crippen molar-refractivity contribution in [3.8, 4) is 22.8 Å². The average molecular weight is 313 g/mol. The average Bonchev–Trinajstić information content (AvgIpc) is 2.92. The van der Waals surface area contributed by atoms with E-state index in [1.54, 1.807) is 32.4 Å². The molecule has 0 fully saturated rings. The maximum absolute atomic E-state index is 13.5. The molecule has 0 amide bonds. The normalized spacial score (nSPS) is 10.8. The minimum absolute atomic E-state index is 0.133. The molecular formula is C18H16FNO3. The van der Waals surface area contributed by atoms with Crippen LogP contribution >= 0.6 is 0 Å². The Balaban J connectivity index is 2.27. The van der Waals surface area contributed by atoms with Crippen molar-refractivity contribution >= 4 is 16.7 Å². The third-order valence-electron chi connectivity index (χ3n) is 3.78. The molecular weight excluding hydrogens is 297 g/mol. The number of Topliss-reactive ketones (excluding diaryl/α,β-unsaturated/α-hetero) is 1. The van der Waals surface area contributed by atoms with Crippen LogP contribution < -0.4 is 9.47 Å². The first-order valence-electron chi connectivity index (χ1n) is 7.09. The van der Waals surface area contributed by atoms with Gasteiger partial charge >= 0.3 is 0 Å². The first-order chi connectivity index (χ1) is 11.0. The molecule has 0 aliphatic carbocycles. The molecule has 0 spiro atoms. The highest BCUT2D eigenvalue weighted by Gasteiger charge is 2.18. The fraction of sp³-hybridized carbons (Fsp3) is 0.167. The zero-order chi connectivity index (χ0) is 16.6. The molecule has 3 aromatic rings. The summed E-state index contributed by atoms with van der Waals surface area (Å²) in [6, 6.07) is 9.74. The first-order valence-corrected chi connectivity index (χ1v) is 7.09. The second-order valence-electron chi connectivity index (χ2n) is 5.19. The van der Waals surface area contributed by atoms with Gasteiger partial charge in [0.05, 0.1) is 25.5 Å². The van der Waals surface area contributed by atoms with Crippen molar-refractivity contribution in [3.05, 3.63) is 47.8 Å². The molecule has 0 saturated heterocycles. The van der Waals surface area contributed by atoms with Crippen molar-refractivity contribution in [2.75, 3.05) is 14.2 Å². The van der Waals surface area contributed by atoms with Gasteiger partial charge in [-0.3, -0.25) is 4.79 Å². The van der Waals surface area contributed by atoms with Crippen LogP contribution in [0.25, 0.3) is 22.2 Å². The van der Waals surface area contributed by atoms with Crippen LogP contribution in [0.15, 0.2) is 36.4 Å². The van der Waals surface area contributed by atoms with Gasteiger partial charge in [-0.15, -0.1) is 0 Å². The van der Waals surface area contributed by atoms with Gasteiger partial charge in [0.15, 0.2) is 17.3 Å². The number of hydrogen-bond acceptors (Lipinski definition) is 3. The zero-order valence-electron chi connectivity index (χ0n) is 13.1. The Morgan fingerprint density at radius 1 is 1.04 bits per heavy atom. The van der Waals surface area contributed by atoms with Crippen molar-refractivity contribution in [1.29, 1.82) is 0 Å². The van der Waals surface area contributed by atoms with E-state index in [1.165, 1.54) is 19.1 Å². The van der Waals surface area contributed by atoms with Crippen molar-refractivity contribution in [1.82, 2.24) is 4.98 Å². The Bertz CT molecular complexity index is 899. The highest BCUT2D eigenvalue weighted by atomic mass is 19.1. The molecule has 118 valence electrons. The number of fused-ring (bicyclic) bond motifs is 1. The lowest BCUT2D eigenvalue weighted by Crippen LogP contribution is -1.95. The molecule has 0 aliphatic heterocycles. The van der Waals surface area contributed by atoms with Gasteiger partial charge in [-0.25, -0.2) is 4.39 Å². The highest BCUT2D eigenvalue weighted by molar-refractivity contribution is 6.12. The number of rotatable bonds is 4. The van der Waals surface area contributed by atoms with Gasteiger partial charge in [-0.05, 0) is 43.3 Å². The van der Waals surface area contributed by atoms with Crippen LogP contribution in [0.1, 0.15) is 17.3 Å². The Morgan fingerprint density at radius 3 is 2.43 bits per heavy atom. The SMILES string of the molecule is COc1ccc(-c2[nH]c3ccc(F)cc3c2C(C)=O)cc1OC. The van der Waals surface area contributed by atoms with Crippen molar-refractivity contribution in [2.45, 2.75) is 6.92 Å². The number of carbonyl (C=O) groups excluding carboxylic acids is 1. The first kappa shape index (κ1) is 15.1. The largest absolute Gasteiger partial charge is 0.493 e. The van der Waals surface area contributed by atoms with Crippen molar-refractivity contribution < 1.29 is 18.7 Å². The highest BCUT2D eigenvalue weighted by Crippen LogP contribution is 2.36. The summed E-state index contributed by atoms with van der Waals surface area (Å²) in [5, 5.41) is 0.572. The van der Waals surface area contributed by atoms with Crippen LogP contribution in [0.4, 0.5) is 4.39 Å². The van der Waals surface area contributed by atoms with E-state index in [9.17, 15) is 9.18 Å². The number of ketones is 1. The molecule has 2 aromatic carbocycles. The number of H-pyrrole nitrogens is 1. The van der Waals surface area contributed by atoms with E-state index in [4.69, 9.17) is 9.47 Å². The van der Waals surface area contributed by atoms with E-state index in [0.717, 1.165) is 5.56 Å². The molecule has 3 rings (SSSR count). The van der Waals surface area contributed by atoms with Crippen molar-refractivity contribution in [2.24, 2.45) is 0 Å². The van der Waals surface area contributed by atoms with Crippen LogP contribution in [0.5, 0.6) is 11.5 Å². The predicted molar refractivity (Wildman–Crippen MR) is 86.8 cm³/mol. The monoisotopic (exact) mass is 313 g/mol. The predicted octanol–water partition coefficient (Wildman–Crippen LogP) is 4.19. The minimum Gasteiger partial charge on any atom is -0.493 e. The van der Waals surface area contributed by atoms with E-state index in [0.29, 0.717) is 33.7 Å². The lowest BCUT2D eigenvalue weighted by molar-refractivity contribution is 0.102. The van der Waals surface area contributed by atoms with E-state index in [-0.39, 0.29) is 11.6 Å². The third kappa shape index (κ3) is 2.54. The molecule has 23 heavy (non-hydrogen) atoms. The van der Waals surface area contributed by atoms with E-state index in [2.05, 4.69) is 4.98 Å². The molecule has 0 aliphatic rings. The summed E-state index contributed by atoms with van der Waals surface area (Å²) in [5.41, 5.74) is 2.58. The van der Waals surface area contributed by atoms with Crippen LogP contribution in [-0.4, -0.2) is 25.0 Å². The molecule has 1 aromatic heterocycles. The Hall–Kier alpha value is -2.82. The van der Waals surface area contributed by atoms with Crippen molar-refractivity contribution in [3.63, 3.8) is 0 Å². The minimum atomic E-state index is -0.377. The summed E-state index contributed by atoms with van der Waals surface area (Å²) in [6.07, 6.45) is 0. The Labute approximate surface area is 132 Å². The number of methoxy groups -OCH3 is 2. The molecule has 0 atom stereocenters. The van der Waals surface area contributed by atoms with Crippen LogP contribution in [0.3, 0.4) is 0 Å². The standard InChI is InChI=1S/C18H16FNO3/c1-10(21)17-13-9-12(19)5-6-14(13)20-18(17)11-4-7-15(22-2)16(8-11)23-3/h4-9,20H,1-3H3. The number of aromatic nitrogens is 1. The maximum Gasteiger partial charge on any atom is 0.162 e. The summed E-state index contributed by atoms with van der Waals surface area (Å²) < 4.78 is 24.1. The number of ether oxygens (including phenoxy) is 2. The van der Waals surface area contributed by atoms with E-state index in [1.807, 2.05) is 6.07 Å². The number of aromatic amines is 1. The summed E-state index contributed by atoms with van der Waals surface area (Å²) >= 11 is 0. The molecule has 5 heteroatoms. The summed E-state index contributed by atoms with van der Waals surface area (Å²) in [5.74, 6) is 0.650. The molecule has 0 unspecified atom stereocenters. The summed E-state index contributed by atoms with van der Waals surface area (Å²) in [6.45, 7) is 1.47. The van der Waals surface area contributed by atoms with E-state index < -0.39 is 0 Å². The second-order valence-corrected chi connectivity index (χ2v) is 5.19. The molecule has 0 bridgehead atoms. The second kappa shape index (κ2) is 5.76. The fourth-order valence-electron chi connectivity index (χ4n) is 2.74. The van der Waals surface area contributed by atoms with Crippen LogP contribution in [-0.2, 0) is 0 Å². The Kier molecular flexibility index (Phi) is 3.78. The van der Waals surface area contributed by atoms with Gasteiger partial charge in [-0.1, -0.05) is 0 Å². The fourth-order valence-corrected chi connectivity index (χ4v) is 2.74. The van der Waals surface area contributed by atoms with Gasteiger partial charge in [0.1, 0.15) is 5.82 Å². The third-order valence-corrected chi connectivity index (χ3v) is 3.78. The molecule has 0 saturated carbocycles. The molecule has 1 heterocycles. The van der Waals surface area contributed by atoms with Crippen LogP contribution in [0.2, 0.25) is 0 Å². The quantitative estimate of drug-likeness (QED) is 0.735. The van der Waals surface area contributed by atoms with Gasteiger partial charge < -0.3 is 14.5 Å². The molecule has 1 N–H and O–H groups in total. The lowest BCUT2D eigenvalue weighted by atomic mass is 10.0. The van der Waals surface area contributed by atoms with Crippen LogP contribution in [0, 0.1) is 5.82 Å². The van der Waals surface area contributed by atoms with Gasteiger partial charge in [0.2, 0.25) is 0 Å². The number of hydrogen-bond donors (Lipinski definition) is 1. The molecule has 4 nitrogen and oxygen atoms in total. The number of carbonyl (C=O) groups is 1. The number of nitrogens with one attached hydrogen (secondary N) is 1. The smallest absolute Gasteiger partial charge is 0.162 e. The molecule has 0 radical (unpaired) electrons. The zero-order valence-corrected chi connectivity index (χ0v) is 13.1. The topological polar surface area (TPSA) is 51.3 Å². The van der Waals surface area contributed by atoms with Gasteiger partial charge in [0.25, 0.3) is 0 Å². The van der Waals surface area contributed by atoms with Gasteiger partial charge in [0, 0.05) is 16.5 Å². The van der Waals surface area contributed by atoms with E-state index >= 15 is 0 Å². The summed E-state index contributed by atoms with van der Waals surface area (Å²) in [4.78, 5) is 15.3. The lowest BCUT2D eigenvalue weighted by Gasteiger charge is -2.09. The number of benzene rings is 2. The number of halogens is 1. The maximum atomic E-state index is 13.5. The summed E-state index contributed by atoms with van der Waals surface area (Å²) in [7, 11) is 3.11. The Morgan fingerprint density at radius 2 is 1.78 bits per heavy atom. The van der Waals surface area contributed by atoms with Gasteiger partial charge in [-0.2, -0.15) is 0 Å².